The van der Waals surface area contributed by atoms with Gasteiger partial charge in [0.15, 0.2) is 0 Å². The van der Waals surface area contributed by atoms with Crippen LogP contribution in [0.25, 0.3) is 5.69 Å². The van der Waals surface area contributed by atoms with Crippen LogP contribution in [-0.2, 0) is 5.41 Å². The van der Waals surface area contributed by atoms with Gasteiger partial charge in [0.25, 0.3) is 0 Å². The first kappa shape index (κ1) is 12.9. The summed E-state index contributed by atoms with van der Waals surface area (Å²) in [7, 11) is 0. The Hall–Kier alpha value is -1.54. The normalized spacial score (nSPS) is 11.8. The molecular weight excluding hydrogens is 220 g/mol. The van der Waals surface area contributed by atoms with E-state index in [2.05, 4.69) is 68.7 Å². The monoisotopic (exact) mass is 242 g/mol. The molecule has 18 heavy (non-hydrogen) atoms. The van der Waals surface area contributed by atoms with Crippen LogP contribution in [0.4, 0.5) is 0 Å². The van der Waals surface area contributed by atoms with Gasteiger partial charge in [-0.05, 0) is 43.7 Å². The van der Waals surface area contributed by atoms with E-state index in [0.29, 0.717) is 6.54 Å². The summed E-state index contributed by atoms with van der Waals surface area (Å²) in [5, 5.41) is 0. The molecule has 2 N–H and O–H groups in total. The predicted molar refractivity (Wildman–Crippen MR) is 77.3 cm³/mol. The first-order chi connectivity index (χ1) is 8.45. The van der Waals surface area contributed by atoms with Crippen molar-refractivity contribution in [3.63, 3.8) is 0 Å². The standard InChI is InChI=1S/C16H22N2/c1-12-5-6-13(2)18(12)15-9-7-14(8-10-15)16(3,4)11-17/h5-10H,11,17H2,1-4H3. The number of hydrogen-bond donors (Lipinski definition) is 1. The number of aryl methyl sites for hydroxylation is 2. The summed E-state index contributed by atoms with van der Waals surface area (Å²) in [6, 6.07) is 13.0. The van der Waals surface area contributed by atoms with Crippen LogP contribution in [0.15, 0.2) is 36.4 Å². The van der Waals surface area contributed by atoms with Crippen LogP contribution in [0, 0.1) is 13.8 Å². The van der Waals surface area contributed by atoms with Crippen LogP contribution >= 0.6 is 0 Å². The first-order valence-electron chi connectivity index (χ1n) is 6.41. The smallest absolute Gasteiger partial charge is 0.0455 e. The molecule has 0 aliphatic carbocycles. The summed E-state index contributed by atoms with van der Waals surface area (Å²) < 4.78 is 2.26. The average molecular weight is 242 g/mol. The van der Waals surface area contributed by atoms with Gasteiger partial charge in [-0.25, -0.2) is 0 Å². The largest absolute Gasteiger partial charge is 0.330 e. The van der Waals surface area contributed by atoms with Crippen molar-refractivity contribution in [3.8, 4) is 5.69 Å². The maximum atomic E-state index is 5.81. The molecule has 2 rings (SSSR count). The zero-order chi connectivity index (χ0) is 13.3. The number of rotatable bonds is 3. The van der Waals surface area contributed by atoms with Gasteiger partial charge >= 0.3 is 0 Å². The van der Waals surface area contributed by atoms with Crippen molar-refractivity contribution in [1.82, 2.24) is 4.57 Å². The maximum absolute atomic E-state index is 5.81. The van der Waals surface area contributed by atoms with Gasteiger partial charge in [0, 0.05) is 29.0 Å². The van der Waals surface area contributed by atoms with Crippen LogP contribution in [-0.4, -0.2) is 11.1 Å². The van der Waals surface area contributed by atoms with Gasteiger partial charge in [-0.3, -0.25) is 0 Å². The molecule has 0 saturated carbocycles. The van der Waals surface area contributed by atoms with Gasteiger partial charge in [-0.15, -0.1) is 0 Å². The fourth-order valence-corrected chi connectivity index (χ4v) is 2.26. The summed E-state index contributed by atoms with van der Waals surface area (Å²) in [6.07, 6.45) is 0. The van der Waals surface area contributed by atoms with Gasteiger partial charge in [0.2, 0.25) is 0 Å². The van der Waals surface area contributed by atoms with Crippen molar-refractivity contribution >= 4 is 0 Å². The van der Waals surface area contributed by atoms with Crippen molar-refractivity contribution in [1.29, 1.82) is 0 Å². The highest BCUT2D eigenvalue weighted by Crippen LogP contribution is 2.24. The van der Waals surface area contributed by atoms with Crippen molar-refractivity contribution in [2.75, 3.05) is 6.54 Å². The fraction of sp³-hybridized carbons (Fsp3) is 0.375. The molecule has 2 nitrogen and oxygen atoms in total. The Bertz CT molecular complexity index is 513. The molecule has 96 valence electrons. The SMILES string of the molecule is Cc1ccc(C)n1-c1ccc(C(C)(C)CN)cc1. The molecule has 1 heterocycles. The molecule has 0 unspecified atom stereocenters. The number of hydrogen-bond acceptors (Lipinski definition) is 1. The lowest BCUT2D eigenvalue weighted by Crippen LogP contribution is -2.27. The number of aromatic nitrogens is 1. The second kappa shape index (κ2) is 4.62. The Balaban J connectivity index is 2.40. The number of nitrogens with zero attached hydrogens (tertiary/aromatic N) is 1. The molecule has 0 fully saturated rings. The zero-order valence-electron chi connectivity index (χ0n) is 11.7. The minimum Gasteiger partial charge on any atom is -0.330 e. The van der Waals surface area contributed by atoms with Crippen molar-refractivity contribution in [2.45, 2.75) is 33.1 Å². The summed E-state index contributed by atoms with van der Waals surface area (Å²) >= 11 is 0. The van der Waals surface area contributed by atoms with E-state index in [1.54, 1.807) is 0 Å². The fourth-order valence-electron chi connectivity index (χ4n) is 2.26. The third-order valence-corrected chi connectivity index (χ3v) is 3.69. The molecule has 0 spiro atoms. The average Bonchev–Trinajstić information content (AvgIpc) is 2.69. The Morgan fingerprint density at radius 1 is 0.944 bits per heavy atom. The first-order valence-corrected chi connectivity index (χ1v) is 6.41. The topological polar surface area (TPSA) is 30.9 Å². The molecule has 0 aliphatic heterocycles. The lowest BCUT2D eigenvalue weighted by Gasteiger charge is -2.23. The molecule has 0 saturated heterocycles. The molecule has 0 radical (unpaired) electrons. The molecule has 1 aromatic heterocycles. The second-order valence-electron chi connectivity index (χ2n) is 5.59. The van der Waals surface area contributed by atoms with Gasteiger partial charge in [0.1, 0.15) is 0 Å². The van der Waals surface area contributed by atoms with E-state index >= 15 is 0 Å². The highest BCUT2D eigenvalue weighted by atomic mass is 15.0. The van der Waals surface area contributed by atoms with E-state index in [-0.39, 0.29) is 5.41 Å². The van der Waals surface area contributed by atoms with Gasteiger partial charge in [-0.1, -0.05) is 26.0 Å². The summed E-state index contributed by atoms with van der Waals surface area (Å²) in [4.78, 5) is 0. The molecule has 2 heteroatoms. The van der Waals surface area contributed by atoms with Crippen LogP contribution in [0.3, 0.4) is 0 Å². The third-order valence-electron chi connectivity index (χ3n) is 3.69. The Kier molecular flexibility index (Phi) is 3.31. The highest BCUT2D eigenvalue weighted by Gasteiger charge is 2.18. The number of nitrogens with two attached hydrogens (primary N) is 1. The lowest BCUT2D eigenvalue weighted by atomic mass is 9.85. The van der Waals surface area contributed by atoms with E-state index in [0.717, 1.165) is 0 Å². The Labute approximate surface area is 109 Å². The molecule has 0 amide bonds. The van der Waals surface area contributed by atoms with Crippen molar-refractivity contribution < 1.29 is 0 Å². The summed E-state index contributed by atoms with van der Waals surface area (Å²) in [5.74, 6) is 0. The maximum Gasteiger partial charge on any atom is 0.0455 e. The molecule has 0 aliphatic rings. The number of benzene rings is 1. The molecule has 0 atom stereocenters. The van der Waals surface area contributed by atoms with E-state index in [4.69, 9.17) is 5.73 Å². The quantitative estimate of drug-likeness (QED) is 0.879. The molecule has 2 aromatic rings. The van der Waals surface area contributed by atoms with Crippen LogP contribution in [0.5, 0.6) is 0 Å². The highest BCUT2D eigenvalue weighted by molar-refractivity contribution is 5.41. The summed E-state index contributed by atoms with van der Waals surface area (Å²) in [6.45, 7) is 9.27. The van der Waals surface area contributed by atoms with Crippen molar-refractivity contribution in [3.05, 3.63) is 53.3 Å². The van der Waals surface area contributed by atoms with E-state index in [9.17, 15) is 0 Å². The third kappa shape index (κ3) is 2.21. The minimum absolute atomic E-state index is 0.0410. The Morgan fingerprint density at radius 2 is 1.44 bits per heavy atom. The van der Waals surface area contributed by atoms with Crippen LogP contribution in [0.1, 0.15) is 30.8 Å². The van der Waals surface area contributed by atoms with Crippen molar-refractivity contribution in [2.24, 2.45) is 5.73 Å². The second-order valence-corrected chi connectivity index (χ2v) is 5.59. The Morgan fingerprint density at radius 3 is 1.89 bits per heavy atom. The zero-order valence-corrected chi connectivity index (χ0v) is 11.7. The summed E-state index contributed by atoms with van der Waals surface area (Å²) in [5.41, 5.74) is 10.9. The lowest BCUT2D eigenvalue weighted by molar-refractivity contribution is 0.539. The minimum atomic E-state index is 0.0410. The van der Waals surface area contributed by atoms with Crippen LogP contribution in [0.2, 0.25) is 0 Å². The van der Waals surface area contributed by atoms with Crippen LogP contribution < -0.4 is 5.73 Å². The molecule has 0 bridgehead atoms. The van der Waals surface area contributed by atoms with E-state index in [1.807, 2.05) is 0 Å². The molecular formula is C16H22N2. The van der Waals surface area contributed by atoms with E-state index < -0.39 is 0 Å². The molecule has 1 aromatic carbocycles. The van der Waals surface area contributed by atoms with E-state index in [1.165, 1.54) is 22.6 Å². The van der Waals surface area contributed by atoms with Gasteiger partial charge in [-0.2, -0.15) is 0 Å². The van der Waals surface area contributed by atoms with Gasteiger partial charge in [0.05, 0.1) is 0 Å². The van der Waals surface area contributed by atoms with Gasteiger partial charge < -0.3 is 10.3 Å². The predicted octanol–water partition coefficient (Wildman–Crippen LogP) is 3.33.